The fraction of sp³-hybridized carbons (Fsp3) is 0.500. The number of benzene rings is 1. The van der Waals surface area contributed by atoms with Crippen LogP contribution in [0.4, 0.5) is 0 Å². The highest BCUT2D eigenvalue weighted by molar-refractivity contribution is 5.26. The van der Waals surface area contributed by atoms with E-state index in [1.54, 1.807) is 7.11 Å². The molecule has 0 unspecified atom stereocenters. The van der Waals surface area contributed by atoms with E-state index >= 15 is 0 Å². The minimum absolute atomic E-state index is 0.820. The zero-order valence-corrected chi connectivity index (χ0v) is 10.1. The molecule has 0 aliphatic carbocycles. The Hall–Kier alpha value is -1.06. The lowest BCUT2D eigenvalue weighted by Crippen LogP contribution is -2.26. The van der Waals surface area contributed by atoms with Crippen LogP contribution in [0.3, 0.4) is 0 Å². The van der Waals surface area contributed by atoms with E-state index in [-0.39, 0.29) is 0 Å². The molecule has 0 fully saturated rings. The summed E-state index contributed by atoms with van der Waals surface area (Å²) in [4.78, 5) is 0. The molecule has 0 radical (unpaired) electrons. The van der Waals surface area contributed by atoms with Crippen LogP contribution >= 0.6 is 0 Å². The van der Waals surface area contributed by atoms with Gasteiger partial charge in [-0.3, -0.25) is 10.9 Å². The first-order chi connectivity index (χ1) is 7.28. The summed E-state index contributed by atoms with van der Waals surface area (Å²) in [5.74, 6) is 0.892. The van der Waals surface area contributed by atoms with E-state index < -0.39 is 0 Å². The van der Waals surface area contributed by atoms with Crippen LogP contribution in [-0.4, -0.2) is 14.2 Å². The molecule has 0 amide bonds. The Kier molecular flexibility index (Phi) is 8.82. The molecule has 3 nitrogen and oxygen atoms in total. The molecule has 2 N–H and O–H groups in total. The quantitative estimate of drug-likeness (QED) is 0.748. The first-order valence-electron chi connectivity index (χ1n) is 5.31. The van der Waals surface area contributed by atoms with Gasteiger partial charge in [-0.05, 0) is 24.7 Å². The Balaban J connectivity index is 0.000000583. The van der Waals surface area contributed by atoms with Crippen molar-refractivity contribution in [1.82, 2.24) is 10.9 Å². The number of ether oxygens (including phenoxy) is 1. The van der Waals surface area contributed by atoms with Crippen molar-refractivity contribution in [2.45, 2.75) is 26.8 Å². The number of hydrogen-bond donors (Lipinski definition) is 2. The predicted molar refractivity (Wildman–Crippen MR) is 64.9 cm³/mol. The maximum absolute atomic E-state index is 5.04. The minimum atomic E-state index is 0.820. The second-order valence-corrected chi connectivity index (χ2v) is 3.16. The van der Waals surface area contributed by atoms with Gasteiger partial charge in [-0.25, -0.2) is 0 Å². The molecule has 0 aliphatic rings. The number of nitrogens with one attached hydrogen (secondary N) is 2. The smallest absolute Gasteiger partial charge is 0.118 e. The van der Waals surface area contributed by atoms with Gasteiger partial charge in [0.05, 0.1) is 7.11 Å². The van der Waals surface area contributed by atoms with Crippen molar-refractivity contribution in [2.24, 2.45) is 0 Å². The zero-order chi connectivity index (χ0) is 11.5. The molecule has 0 bridgehead atoms. The fourth-order valence-corrected chi connectivity index (χ4v) is 0.934. The monoisotopic (exact) mass is 210 g/mol. The van der Waals surface area contributed by atoms with Crippen molar-refractivity contribution in [1.29, 1.82) is 0 Å². The van der Waals surface area contributed by atoms with Crippen LogP contribution in [0.25, 0.3) is 0 Å². The van der Waals surface area contributed by atoms with Crippen molar-refractivity contribution in [3.8, 4) is 5.75 Å². The van der Waals surface area contributed by atoms with Crippen molar-refractivity contribution in [3.63, 3.8) is 0 Å². The van der Waals surface area contributed by atoms with Gasteiger partial charge in [0, 0.05) is 6.54 Å². The van der Waals surface area contributed by atoms with Gasteiger partial charge in [0.1, 0.15) is 5.75 Å². The normalized spacial score (nSPS) is 9.07. The summed E-state index contributed by atoms with van der Waals surface area (Å²) in [5.41, 5.74) is 7.10. The molecular formula is C12H22N2O. The second kappa shape index (κ2) is 9.49. The van der Waals surface area contributed by atoms with Gasteiger partial charge in [0.2, 0.25) is 0 Å². The number of rotatable bonds is 4. The van der Waals surface area contributed by atoms with Crippen molar-refractivity contribution in [2.75, 3.05) is 14.2 Å². The van der Waals surface area contributed by atoms with Gasteiger partial charge in [0.15, 0.2) is 0 Å². The average Bonchev–Trinajstić information content (AvgIpc) is 2.28. The predicted octanol–water partition coefficient (Wildman–Crippen LogP) is 2.34. The molecule has 0 atom stereocenters. The van der Waals surface area contributed by atoms with E-state index in [4.69, 9.17) is 4.74 Å². The molecule has 0 saturated carbocycles. The van der Waals surface area contributed by atoms with Crippen LogP contribution in [0.2, 0.25) is 0 Å². The summed E-state index contributed by atoms with van der Waals surface area (Å²) < 4.78 is 5.04. The lowest BCUT2D eigenvalue weighted by Gasteiger charge is -2.03. The van der Waals surface area contributed by atoms with Gasteiger partial charge < -0.3 is 4.74 Å². The Morgan fingerprint density at radius 1 is 1.13 bits per heavy atom. The van der Waals surface area contributed by atoms with Crippen molar-refractivity contribution >= 4 is 0 Å². The summed E-state index contributed by atoms with van der Waals surface area (Å²) in [5, 5.41) is 0. The summed E-state index contributed by atoms with van der Waals surface area (Å²) in [7, 11) is 3.52. The second-order valence-electron chi connectivity index (χ2n) is 3.16. The number of hydrogen-bond acceptors (Lipinski definition) is 3. The zero-order valence-electron chi connectivity index (χ0n) is 10.1. The topological polar surface area (TPSA) is 33.3 Å². The Morgan fingerprint density at radius 2 is 1.67 bits per heavy atom. The van der Waals surface area contributed by atoms with E-state index in [1.165, 1.54) is 12.0 Å². The van der Waals surface area contributed by atoms with E-state index in [2.05, 4.69) is 24.7 Å². The average molecular weight is 210 g/mol. The third-order valence-electron chi connectivity index (χ3n) is 1.63. The standard InChI is InChI=1S/C9H14N2O.C3H8/c1-10-11-7-8-3-5-9(12-2)6-4-8;1-3-2/h3-6,10-11H,7H2,1-2H3;3H2,1-2H3. The molecule has 0 saturated heterocycles. The third-order valence-corrected chi connectivity index (χ3v) is 1.63. The molecular weight excluding hydrogens is 188 g/mol. The SMILES string of the molecule is CCC.CNNCc1ccc(OC)cc1. The van der Waals surface area contributed by atoms with Crippen LogP contribution in [0.5, 0.6) is 5.75 Å². The van der Waals surface area contributed by atoms with Gasteiger partial charge >= 0.3 is 0 Å². The van der Waals surface area contributed by atoms with Crippen LogP contribution in [0, 0.1) is 0 Å². The summed E-state index contributed by atoms with van der Waals surface area (Å²) in [6, 6.07) is 7.96. The Morgan fingerprint density at radius 3 is 2.07 bits per heavy atom. The van der Waals surface area contributed by atoms with Crippen LogP contribution < -0.4 is 15.6 Å². The van der Waals surface area contributed by atoms with Crippen LogP contribution in [0.1, 0.15) is 25.8 Å². The number of hydrazine groups is 1. The van der Waals surface area contributed by atoms with E-state index in [0.717, 1.165) is 12.3 Å². The summed E-state index contributed by atoms with van der Waals surface area (Å²) in [6.07, 6.45) is 1.25. The molecule has 0 spiro atoms. The molecule has 0 aromatic heterocycles. The molecule has 15 heavy (non-hydrogen) atoms. The Bertz CT molecular complexity index is 234. The maximum Gasteiger partial charge on any atom is 0.118 e. The first kappa shape index (κ1) is 13.9. The molecule has 3 heteroatoms. The highest BCUT2D eigenvalue weighted by Gasteiger charge is 1.91. The largest absolute Gasteiger partial charge is 0.497 e. The maximum atomic E-state index is 5.04. The van der Waals surface area contributed by atoms with Gasteiger partial charge in [0.25, 0.3) is 0 Å². The van der Waals surface area contributed by atoms with E-state index in [9.17, 15) is 0 Å². The summed E-state index contributed by atoms with van der Waals surface area (Å²) in [6.45, 7) is 5.07. The highest BCUT2D eigenvalue weighted by Crippen LogP contribution is 2.10. The third kappa shape index (κ3) is 6.94. The fourth-order valence-electron chi connectivity index (χ4n) is 0.934. The van der Waals surface area contributed by atoms with Crippen molar-refractivity contribution < 1.29 is 4.74 Å². The van der Waals surface area contributed by atoms with Crippen molar-refractivity contribution in [3.05, 3.63) is 29.8 Å². The molecule has 0 heterocycles. The first-order valence-corrected chi connectivity index (χ1v) is 5.31. The van der Waals surface area contributed by atoms with E-state index in [0.29, 0.717) is 0 Å². The van der Waals surface area contributed by atoms with Crippen LogP contribution in [0.15, 0.2) is 24.3 Å². The lowest BCUT2D eigenvalue weighted by atomic mass is 10.2. The molecule has 1 aromatic carbocycles. The molecule has 1 rings (SSSR count). The number of methoxy groups -OCH3 is 1. The molecule has 0 aliphatic heterocycles. The van der Waals surface area contributed by atoms with E-state index in [1.807, 2.05) is 31.3 Å². The minimum Gasteiger partial charge on any atom is -0.497 e. The van der Waals surface area contributed by atoms with Gasteiger partial charge in [-0.1, -0.05) is 32.4 Å². The summed E-state index contributed by atoms with van der Waals surface area (Å²) >= 11 is 0. The van der Waals surface area contributed by atoms with Gasteiger partial charge in [-0.15, -0.1) is 0 Å². The Labute approximate surface area is 92.8 Å². The van der Waals surface area contributed by atoms with Crippen LogP contribution in [-0.2, 0) is 6.54 Å². The highest BCUT2D eigenvalue weighted by atomic mass is 16.5. The molecule has 1 aromatic rings. The van der Waals surface area contributed by atoms with Gasteiger partial charge in [-0.2, -0.15) is 0 Å². The molecule has 86 valence electrons. The lowest BCUT2D eigenvalue weighted by molar-refractivity contribution is 0.414.